The van der Waals surface area contributed by atoms with Crippen molar-refractivity contribution in [3.05, 3.63) is 109 Å². The third-order valence-electron chi connectivity index (χ3n) is 13.8. The number of hydrogen-bond acceptors (Lipinski definition) is 11. The summed E-state index contributed by atoms with van der Waals surface area (Å²) < 4.78 is 28.5. The lowest BCUT2D eigenvalue weighted by atomic mass is 9.98. The van der Waals surface area contributed by atoms with E-state index in [-0.39, 0.29) is 25.9 Å². The molecule has 0 saturated carbocycles. The number of aliphatic hydroxyl groups is 2. The summed E-state index contributed by atoms with van der Waals surface area (Å²) in [5, 5.41) is 31.6. The second kappa shape index (κ2) is 55.9. The highest BCUT2D eigenvalue weighted by Gasteiger charge is 2.50. The highest BCUT2D eigenvalue weighted by atomic mass is 16.7. The molecule has 1 heterocycles. The Morgan fingerprint density at radius 1 is 0.420 bits per heavy atom. The van der Waals surface area contributed by atoms with Gasteiger partial charge < -0.3 is 39.0 Å². The van der Waals surface area contributed by atoms with Gasteiger partial charge in [-0.1, -0.05) is 214 Å². The third kappa shape index (κ3) is 45.6. The molecule has 12 heteroatoms. The zero-order valence-corrected chi connectivity index (χ0v) is 50.7. The van der Waals surface area contributed by atoms with Crippen molar-refractivity contribution in [1.29, 1.82) is 0 Å². The van der Waals surface area contributed by atoms with Gasteiger partial charge in [-0.3, -0.25) is 14.4 Å². The fraction of sp³-hybridized carbons (Fsp3) is 0.681. The topological polar surface area (TPSA) is 175 Å². The number of unbranched alkanes of at least 4 members (excludes halogenated alkanes) is 21. The molecule has 460 valence electrons. The van der Waals surface area contributed by atoms with Crippen molar-refractivity contribution >= 4 is 23.9 Å². The summed E-state index contributed by atoms with van der Waals surface area (Å²) in [6, 6.07) is 0. The number of rotatable bonds is 53. The zero-order valence-electron chi connectivity index (χ0n) is 50.7. The van der Waals surface area contributed by atoms with Crippen LogP contribution in [-0.4, -0.2) is 89.2 Å². The molecule has 12 nitrogen and oxygen atoms in total. The van der Waals surface area contributed by atoms with E-state index in [0.29, 0.717) is 19.3 Å². The Morgan fingerprint density at radius 3 is 1.20 bits per heavy atom. The molecule has 1 aliphatic heterocycles. The van der Waals surface area contributed by atoms with Gasteiger partial charge in [0.05, 0.1) is 6.61 Å². The van der Waals surface area contributed by atoms with Gasteiger partial charge in [-0.25, -0.2) is 4.79 Å². The van der Waals surface area contributed by atoms with Crippen molar-refractivity contribution in [3.8, 4) is 0 Å². The Bertz CT molecular complexity index is 1820. The van der Waals surface area contributed by atoms with E-state index in [2.05, 4.69) is 130 Å². The van der Waals surface area contributed by atoms with E-state index in [1.54, 1.807) is 0 Å². The summed E-state index contributed by atoms with van der Waals surface area (Å²) in [5.41, 5.74) is 0. The quantitative estimate of drug-likeness (QED) is 0.0228. The summed E-state index contributed by atoms with van der Waals surface area (Å²) in [4.78, 5) is 51.3. The van der Waals surface area contributed by atoms with Crippen molar-refractivity contribution in [2.24, 2.45) is 0 Å². The summed E-state index contributed by atoms with van der Waals surface area (Å²) in [6.07, 6.45) is 63.2. The number of aliphatic carboxylic acids is 1. The second-order valence-corrected chi connectivity index (χ2v) is 21.3. The number of esters is 3. The van der Waals surface area contributed by atoms with Gasteiger partial charge in [0, 0.05) is 19.3 Å². The van der Waals surface area contributed by atoms with Gasteiger partial charge in [-0.05, 0) is 128 Å². The molecule has 0 spiro atoms. The fourth-order valence-electron chi connectivity index (χ4n) is 8.92. The molecule has 6 unspecified atom stereocenters. The Hall–Kier alpha value is -4.62. The Morgan fingerprint density at radius 2 is 0.778 bits per heavy atom. The maximum atomic E-state index is 13.2. The van der Waals surface area contributed by atoms with Crippen LogP contribution in [0.3, 0.4) is 0 Å². The summed E-state index contributed by atoms with van der Waals surface area (Å²) >= 11 is 0. The Labute approximate surface area is 491 Å². The molecular weight excluding hydrogens is 1020 g/mol. The lowest BCUT2D eigenvalue weighted by Gasteiger charge is -2.40. The number of carboxylic acid groups (broad SMARTS) is 1. The number of carboxylic acids is 1. The maximum Gasteiger partial charge on any atom is 0.335 e. The van der Waals surface area contributed by atoms with E-state index in [1.165, 1.54) is 57.8 Å². The van der Waals surface area contributed by atoms with E-state index < -0.39 is 67.3 Å². The minimum Gasteiger partial charge on any atom is -0.479 e. The van der Waals surface area contributed by atoms with E-state index in [4.69, 9.17) is 23.7 Å². The molecule has 0 aromatic heterocycles. The molecule has 3 N–H and O–H groups in total. The van der Waals surface area contributed by atoms with Crippen LogP contribution in [-0.2, 0) is 42.9 Å². The van der Waals surface area contributed by atoms with Crippen molar-refractivity contribution < 1.29 is 58.2 Å². The molecule has 0 aliphatic carbocycles. The van der Waals surface area contributed by atoms with Crippen LogP contribution in [0.15, 0.2) is 109 Å². The van der Waals surface area contributed by atoms with Gasteiger partial charge in [0.15, 0.2) is 24.6 Å². The lowest BCUT2D eigenvalue weighted by Crippen LogP contribution is -2.61. The maximum absolute atomic E-state index is 13.2. The normalized spacial score (nSPS) is 18.5. The molecular formula is C69H112O12. The Kier molecular flexibility index (Phi) is 51.3. The molecule has 1 fully saturated rings. The van der Waals surface area contributed by atoms with Crippen LogP contribution < -0.4 is 0 Å². The summed E-state index contributed by atoms with van der Waals surface area (Å²) in [5.74, 6) is -3.20. The van der Waals surface area contributed by atoms with Gasteiger partial charge in [-0.2, -0.15) is 0 Å². The molecule has 0 aromatic carbocycles. The average Bonchev–Trinajstić information content (AvgIpc) is 3.54. The first-order valence-corrected chi connectivity index (χ1v) is 31.9. The van der Waals surface area contributed by atoms with Crippen LogP contribution in [0.4, 0.5) is 0 Å². The number of carbonyl (C=O) groups excluding carboxylic acids is 3. The van der Waals surface area contributed by atoms with E-state index in [0.717, 1.165) is 135 Å². The molecule has 0 radical (unpaired) electrons. The minimum absolute atomic E-state index is 0.0139. The number of allylic oxidation sites excluding steroid dienone is 18. The molecule has 6 atom stereocenters. The standard InChI is InChI=1S/C69H112O12/c1-4-7-10-13-16-19-22-25-28-30-31-33-36-39-42-45-48-51-54-57-63(72)80-67-65(74)64(73)66(68(75)76)81-69(67)78-59-60(79-62(71)56-53-50-47-44-41-38-34-27-24-21-18-15-12-9-6-3)58-77-61(70)55-52-49-46-43-40-37-35-32-29-26-23-20-17-14-11-8-5-2/h7,10,16-21,25-29,31,33-34,39,42,60,64-67,69,73-74H,4-6,8-9,11-15,22-24,30,32,35-38,40-41,43-59H2,1-3H3,(H,75,76)/b10-7-,19-16-,20-17-,21-18-,28-25-,29-26-,33-31-,34-27-,42-39-. The first-order chi connectivity index (χ1) is 39.6. The Balaban J connectivity index is 2.71. The van der Waals surface area contributed by atoms with Crippen molar-refractivity contribution in [2.75, 3.05) is 13.2 Å². The van der Waals surface area contributed by atoms with Crippen molar-refractivity contribution in [3.63, 3.8) is 0 Å². The summed E-state index contributed by atoms with van der Waals surface area (Å²) in [6.45, 7) is 5.81. The number of ether oxygens (including phenoxy) is 5. The highest BCUT2D eigenvalue weighted by Crippen LogP contribution is 2.26. The smallest absolute Gasteiger partial charge is 0.335 e. The van der Waals surface area contributed by atoms with Gasteiger partial charge in [0.2, 0.25) is 0 Å². The second-order valence-electron chi connectivity index (χ2n) is 21.3. The first kappa shape index (κ1) is 74.4. The van der Waals surface area contributed by atoms with Crippen LogP contribution in [0.1, 0.15) is 252 Å². The van der Waals surface area contributed by atoms with Crippen LogP contribution in [0.2, 0.25) is 0 Å². The minimum atomic E-state index is -1.92. The zero-order chi connectivity index (χ0) is 58.9. The molecule has 1 saturated heterocycles. The number of carbonyl (C=O) groups is 4. The molecule has 1 rings (SSSR count). The number of aliphatic hydroxyl groups excluding tert-OH is 2. The molecule has 0 aromatic rings. The monoisotopic (exact) mass is 1130 g/mol. The van der Waals surface area contributed by atoms with Gasteiger partial charge in [0.25, 0.3) is 0 Å². The fourth-order valence-corrected chi connectivity index (χ4v) is 8.92. The van der Waals surface area contributed by atoms with Crippen LogP contribution in [0.25, 0.3) is 0 Å². The van der Waals surface area contributed by atoms with Crippen LogP contribution in [0, 0.1) is 0 Å². The predicted molar refractivity (Wildman–Crippen MR) is 330 cm³/mol. The van der Waals surface area contributed by atoms with Crippen molar-refractivity contribution in [1.82, 2.24) is 0 Å². The number of hydrogen-bond donors (Lipinski definition) is 3. The molecule has 1 aliphatic rings. The SMILES string of the molecule is CC/C=C\C/C=C\C/C=C\C/C=C\C/C=C\CCCCCC(=O)OC1C(OCC(COC(=O)CCCCCCCCC/C=C\C/C=C\CCCCC)OC(=O)CCCCCCC/C=C\C/C=C\CCCCC)OC(C(=O)O)C(O)C1O. The van der Waals surface area contributed by atoms with Crippen molar-refractivity contribution in [2.45, 2.75) is 289 Å². The average molecular weight is 1130 g/mol. The lowest BCUT2D eigenvalue weighted by molar-refractivity contribution is -0.301. The predicted octanol–water partition coefficient (Wildman–Crippen LogP) is 17.0. The highest BCUT2D eigenvalue weighted by molar-refractivity contribution is 5.74. The van der Waals surface area contributed by atoms with Crippen LogP contribution in [0.5, 0.6) is 0 Å². The van der Waals surface area contributed by atoms with Gasteiger partial charge in [0.1, 0.15) is 18.8 Å². The molecule has 81 heavy (non-hydrogen) atoms. The molecule has 0 amide bonds. The van der Waals surface area contributed by atoms with E-state index >= 15 is 0 Å². The first-order valence-electron chi connectivity index (χ1n) is 31.9. The summed E-state index contributed by atoms with van der Waals surface area (Å²) in [7, 11) is 0. The van der Waals surface area contributed by atoms with E-state index in [1.807, 2.05) is 0 Å². The molecule has 0 bridgehead atoms. The largest absolute Gasteiger partial charge is 0.479 e. The van der Waals surface area contributed by atoms with Gasteiger partial charge >= 0.3 is 23.9 Å². The third-order valence-corrected chi connectivity index (χ3v) is 13.8. The van der Waals surface area contributed by atoms with E-state index in [9.17, 15) is 34.5 Å². The van der Waals surface area contributed by atoms with Gasteiger partial charge in [-0.15, -0.1) is 0 Å². The van der Waals surface area contributed by atoms with Crippen LogP contribution >= 0.6 is 0 Å².